The van der Waals surface area contributed by atoms with Crippen molar-refractivity contribution >= 4 is 38.0 Å². The third kappa shape index (κ3) is 6.29. The van der Waals surface area contributed by atoms with E-state index in [1.165, 1.54) is 0 Å². The summed E-state index contributed by atoms with van der Waals surface area (Å²) in [5.74, 6) is 0. The Hall–Kier alpha value is -1.33. The van der Waals surface area contributed by atoms with Crippen LogP contribution in [0.1, 0.15) is 31.9 Å². The fourth-order valence-electron chi connectivity index (χ4n) is 2.13. The molecule has 2 aromatic rings. The number of hydrogen-bond acceptors (Lipinski definition) is 2. The van der Waals surface area contributed by atoms with E-state index in [0.717, 1.165) is 20.1 Å². The molecular formula is C19H21Br2NO2. The van der Waals surface area contributed by atoms with E-state index in [2.05, 4.69) is 31.9 Å². The molecule has 0 atom stereocenters. The molecule has 0 spiro atoms. The summed E-state index contributed by atoms with van der Waals surface area (Å²) in [5, 5.41) is 0. The average molecular weight is 455 g/mol. The average Bonchev–Trinajstić information content (AvgIpc) is 2.49. The third-order valence-corrected chi connectivity index (χ3v) is 4.28. The maximum Gasteiger partial charge on any atom is 0.410 e. The van der Waals surface area contributed by atoms with Gasteiger partial charge in [-0.3, -0.25) is 4.90 Å². The topological polar surface area (TPSA) is 29.5 Å². The summed E-state index contributed by atoms with van der Waals surface area (Å²) in [6.45, 7) is 6.63. The maximum absolute atomic E-state index is 12.6. The molecule has 0 aliphatic rings. The van der Waals surface area contributed by atoms with Crippen LogP contribution in [-0.4, -0.2) is 16.6 Å². The molecule has 5 heteroatoms. The van der Waals surface area contributed by atoms with E-state index in [4.69, 9.17) is 4.74 Å². The van der Waals surface area contributed by atoms with Crippen LogP contribution < -0.4 is 0 Å². The number of amides is 1. The van der Waals surface area contributed by atoms with Crippen LogP contribution in [-0.2, 0) is 17.8 Å². The second-order valence-corrected chi connectivity index (χ2v) is 8.42. The molecule has 0 aliphatic carbocycles. The number of hydrogen-bond donors (Lipinski definition) is 0. The van der Waals surface area contributed by atoms with E-state index in [9.17, 15) is 4.79 Å². The van der Waals surface area contributed by atoms with Crippen LogP contribution in [0.5, 0.6) is 0 Å². The lowest BCUT2D eigenvalue weighted by Crippen LogP contribution is -2.36. The normalized spacial score (nSPS) is 11.2. The van der Waals surface area contributed by atoms with Crippen molar-refractivity contribution in [1.29, 1.82) is 0 Å². The largest absolute Gasteiger partial charge is 0.444 e. The summed E-state index contributed by atoms with van der Waals surface area (Å²) >= 11 is 6.86. The lowest BCUT2D eigenvalue weighted by molar-refractivity contribution is 0.0216. The molecule has 0 saturated heterocycles. The van der Waals surface area contributed by atoms with Gasteiger partial charge in [-0.05, 0) is 56.2 Å². The maximum atomic E-state index is 12.6. The van der Waals surface area contributed by atoms with Crippen LogP contribution in [0, 0.1) is 0 Å². The molecule has 1 amide bonds. The number of rotatable bonds is 4. The summed E-state index contributed by atoms with van der Waals surface area (Å²) < 4.78 is 7.59. The predicted octanol–water partition coefficient (Wildman–Crippen LogP) is 6.15. The van der Waals surface area contributed by atoms with Gasteiger partial charge in [0.25, 0.3) is 0 Å². The van der Waals surface area contributed by atoms with Gasteiger partial charge in [0, 0.05) is 22.0 Å². The van der Waals surface area contributed by atoms with Crippen molar-refractivity contribution < 1.29 is 9.53 Å². The van der Waals surface area contributed by atoms with E-state index in [1.807, 2.05) is 69.3 Å². The second-order valence-electron chi connectivity index (χ2n) is 6.59. The van der Waals surface area contributed by atoms with Crippen LogP contribution in [0.25, 0.3) is 0 Å². The molecule has 0 N–H and O–H groups in total. The smallest absolute Gasteiger partial charge is 0.410 e. The van der Waals surface area contributed by atoms with Crippen molar-refractivity contribution in [2.24, 2.45) is 0 Å². The Kier molecular flexibility index (Phi) is 6.47. The molecule has 0 heterocycles. The Morgan fingerprint density at radius 3 is 1.58 bits per heavy atom. The van der Waals surface area contributed by atoms with Gasteiger partial charge in [-0.15, -0.1) is 0 Å². The van der Waals surface area contributed by atoms with Crippen LogP contribution in [0.4, 0.5) is 4.79 Å². The first-order chi connectivity index (χ1) is 11.2. The van der Waals surface area contributed by atoms with E-state index in [0.29, 0.717) is 13.1 Å². The molecule has 0 unspecified atom stereocenters. The number of carbonyl (C=O) groups is 1. The van der Waals surface area contributed by atoms with Gasteiger partial charge in [-0.2, -0.15) is 0 Å². The molecular weight excluding hydrogens is 434 g/mol. The zero-order chi connectivity index (χ0) is 17.7. The van der Waals surface area contributed by atoms with Gasteiger partial charge in [0.05, 0.1) is 0 Å². The highest BCUT2D eigenvalue weighted by Crippen LogP contribution is 2.18. The van der Waals surface area contributed by atoms with E-state index >= 15 is 0 Å². The Bertz CT molecular complexity index is 629. The van der Waals surface area contributed by atoms with E-state index in [1.54, 1.807) is 4.90 Å². The quantitative estimate of drug-likeness (QED) is 0.554. The first kappa shape index (κ1) is 19.0. The zero-order valence-corrected chi connectivity index (χ0v) is 17.2. The Labute approximate surface area is 160 Å². The Morgan fingerprint density at radius 1 is 0.875 bits per heavy atom. The van der Waals surface area contributed by atoms with Crippen molar-refractivity contribution in [2.45, 2.75) is 39.5 Å². The van der Waals surface area contributed by atoms with Crippen molar-refractivity contribution in [3.63, 3.8) is 0 Å². The van der Waals surface area contributed by atoms with Crippen molar-refractivity contribution in [1.82, 2.24) is 4.90 Å². The van der Waals surface area contributed by atoms with Crippen LogP contribution >= 0.6 is 31.9 Å². The molecule has 0 fully saturated rings. The van der Waals surface area contributed by atoms with Crippen molar-refractivity contribution in [3.05, 3.63) is 68.6 Å². The predicted molar refractivity (Wildman–Crippen MR) is 104 cm³/mol. The second kappa shape index (κ2) is 8.17. The summed E-state index contributed by atoms with van der Waals surface area (Å²) in [4.78, 5) is 14.3. The fraction of sp³-hybridized carbons (Fsp3) is 0.316. The highest BCUT2D eigenvalue weighted by Gasteiger charge is 2.22. The molecule has 128 valence electrons. The minimum absolute atomic E-state index is 0.312. The summed E-state index contributed by atoms with van der Waals surface area (Å²) in [5.41, 5.74) is 1.59. The lowest BCUT2D eigenvalue weighted by atomic mass is 10.1. The minimum Gasteiger partial charge on any atom is -0.444 e. The number of nitrogens with zero attached hydrogens (tertiary/aromatic N) is 1. The first-order valence-corrected chi connectivity index (χ1v) is 9.28. The molecule has 0 aromatic heterocycles. The number of carbonyl (C=O) groups excluding carboxylic acids is 1. The van der Waals surface area contributed by atoms with Gasteiger partial charge in [-0.25, -0.2) is 4.79 Å². The first-order valence-electron chi connectivity index (χ1n) is 7.70. The third-order valence-electron chi connectivity index (χ3n) is 3.23. The molecule has 24 heavy (non-hydrogen) atoms. The van der Waals surface area contributed by atoms with Crippen LogP contribution in [0.15, 0.2) is 57.5 Å². The van der Waals surface area contributed by atoms with Crippen molar-refractivity contribution in [2.75, 3.05) is 0 Å². The van der Waals surface area contributed by atoms with Gasteiger partial charge in [-0.1, -0.05) is 56.1 Å². The van der Waals surface area contributed by atoms with Gasteiger partial charge in [0.15, 0.2) is 0 Å². The van der Waals surface area contributed by atoms with Crippen LogP contribution in [0.3, 0.4) is 0 Å². The lowest BCUT2D eigenvalue weighted by Gasteiger charge is -2.27. The number of benzene rings is 2. The molecule has 0 aliphatic heterocycles. The monoisotopic (exact) mass is 453 g/mol. The van der Waals surface area contributed by atoms with Crippen molar-refractivity contribution in [3.8, 4) is 0 Å². The molecule has 2 rings (SSSR count). The van der Waals surface area contributed by atoms with E-state index in [-0.39, 0.29) is 6.09 Å². The zero-order valence-electron chi connectivity index (χ0n) is 14.1. The molecule has 0 bridgehead atoms. The Morgan fingerprint density at radius 2 is 1.25 bits per heavy atom. The molecule has 3 nitrogen and oxygen atoms in total. The minimum atomic E-state index is -0.519. The SMILES string of the molecule is CC(C)(C)OC(=O)N(Cc1ccc(Br)cc1)Cc1ccc(Br)cc1. The summed E-state index contributed by atoms with van der Waals surface area (Å²) in [6.07, 6.45) is -0.312. The molecule has 2 aromatic carbocycles. The van der Waals surface area contributed by atoms with Gasteiger partial charge in [0.2, 0.25) is 0 Å². The Balaban J connectivity index is 2.18. The highest BCUT2D eigenvalue weighted by atomic mass is 79.9. The molecule has 0 radical (unpaired) electrons. The fourth-order valence-corrected chi connectivity index (χ4v) is 2.66. The highest BCUT2D eigenvalue weighted by molar-refractivity contribution is 9.10. The van der Waals surface area contributed by atoms with Gasteiger partial charge in [0.1, 0.15) is 5.60 Å². The van der Waals surface area contributed by atoms with Gasteiger partial charge >= 0.3 is 6.09 Å². The molecule has 0 saturated carbocycles. The van der Waals surface area contributed by atoms with Gasteiger partial charge < -0.3 is 4.74 Å². The number of ether oxygens (including phenoxy) is 1. The standard InChI is InChI=1S/C19H21Br2NO2/c1-19(2,3)24-18(23)22(12-14-4-8-16(20)9-5-14)13-15-6-10-17(21)11-7-15/h4-11H,12-13H2,1-3H3. The van der Waals surface area contributed by atoms with Crippen LogP contribution in [0.2, 0.25) is 0 Å². The summed E-state index contributed by atoms with van der Waals surface area (Å²) in [7, 11) is 0. The number of halogens is 2. The summed E-state index contributed by atoms with van der Waals surface area (Å²) in [6, 6.07) is 15.9. The van der Waals surface area contributed by atoms with E-state index < -0.39 is 5.60 Å².